The highest BCUT2D eigenvalue weighted by atomic mass is 19.2. The van der Waals surface area contributed by atoms with Crippen LogP contribution in [0.5, 0.6) is 5.75 Å². The van der Waals surface area contributed by atoms with Crippen molar-refractivity contribution in [3.8, 4) is 5.75 Å². The average Bonchev–Trinajstić information content (AvgIpc) is 3.89. The van der Waals surface area contributed by atoms with Gasteiger partial charge >= 0.3 is 12.1 Å². The normalized spacial score (nSPS) is 14.2. The number of nitrogens with two attached hydrogens (primary N) is 1. The molecule has 0 radical (unpaired) electrons. The summed E-state index contributed by atoms with van der Waals surface area (Å²) in [4.78, 5) is 66.7. The summed E-state index contributed by atoms with van der Waals surface area (Å²) in [6, 6.07) is 1.64. The van der Waals surface area contributed by atoms with Gasteiger partial charge in [-0.1, -0.05) is 6.92 Å². The lowest BCUT2D eigenvalue weighted by atomic mass is 10.1. The first kappa shape index (κ1) is 65.1. The summed E-state index contributed by atoms with van der Waals surface area (Å²) in [5.74, 6) is -9.81. The van der Waals surface area contributed by atoms with Crippen LogP contribution in [0.15, 0.2) is 28.9 Å². The van der Waals surface area contributed by atoms with E-state index in [9.17, 15) is 36.7 Å². The van der Waals surface area contributed by atoms with Gasteiger partial charge < -0.3 is 72.8 Å². The van der Waals surface area contributed by atoms with Crippen molar-refractivity contribution in [1.29, 1.82) is 0 Å². The van der Waals surface area contributed by atoms with Crippen LogP contribution in [0.1, 0.15) is 55.6 Å². The Balaban J connectivity index is 0.841. The van der Waals surface area contributed by atoms with Crippen LogP contribution in [0.4, 0.5) is 28.0 Å². The highest BCUT2D eigenvalue weighted by Crippen LogP contribution is 2.29. The van der Waals surface area contributed by atoms with Crippen LogP contribution >= 0.6 is 0 Å². The zero-order chi connectivity index (χ0) is 56.2. The molecule has 0 unspecified atom stereocenters. The molecule has 3 heterocycles. The third kappa shape index (κ3) is 25.6. The first-order valence-electron chi connectivity index (χ1n) is 25.9. The standard InChI is InChI=1S/C51H74F4N6O17/c1-3-7-61(77-4-2)50(64)38-30-42-43(59-44(56)32-38)31-39(35-57-42)49(63)60-8-5-37(36-60)34-58-51(65)76-29-28-75-27-26-74-25-24-73-23-22-72-21-20-71-19-18-70-17-16-69-15-14-68-13-12-67-11-10-66-9-6-45(62)78-48-46(54)40(52)33-41(53)47(48)55/h30-31,33,35,37H,3-29,32,34,36H2,1-2H3,(H2,56,59)(H,58,65)/t37-/m1/s1. The van der Waals surface area contributed by atoms with Crippen LogP contribution in [-0.2, 0) is 66.5 Å². The van der Waals surface area contributed by atoms with Gasteiger partial charge in [0.2, 0.25) is 17.4 Å². The number of amidine groups is 1. The Labute approximate surface area is 451 Å². The van der Waals surface area contributed by atoms with Gasteiger partial charge in [-0.25, -0.2) is 23.6 Å². The Morgan fingerprint density at radius 3 is 1.67 bits per heavy atom. The van der Waals surface area contributed by atoms with E-state index in [0.29, 0.717) is 161 Å². The molecule has 0 aliphatic carbocycles. The average molecular weight is 1120 g/mol. The number of alkyl carbamates (subject to hydrolysis) is 1. The zero-order valence-corrected chi connectivity index (χ0v) is 44.4. The second kappa shape index (κ2) is 39.0. The summed E-state index contributed by atoms with van der Waals surface area (Å²) < 4.78 is 117. The van der Waals surface area contributed by atoms with Crippen LogP contribution in [0.2, 0.25) is 0 Å². The second-order valence-electron chi connectivity index (χ2n) is 17.0. The predicted molar refractivity (Wildman–Crippen MR) is 270 cm³/mol. The molecule has 1 saturated heterocycles. The molecule has 2 aliphatic rings. The van der Waals surface area contributed by atoms with Crippen LogP contribution < -0.4 is 15.8 Å². The van der Waals surface area contributed by atoms with Gasteiger partial charge in [-0.2, -0.15) is 8.78 Å². The van der Waals surface area contributed by atoms with Gasteiger partial charge in [0.05, 0.1) is 162 Å². The molecule has 438 valence electrons. The number of likely N-dealkylation sites (tertiary alicyclic amines) is 1. The quantitative estimate of drug-likeness (QED) is 0.0238. The second-order valence-corrected chi connectivity index (χ2v) is 17.0. The smallest absolute Gasteiger partial charge is 0.407 e. The molecule has 1 atom stereocenters. The number of benzene rings is 1. The highest BCUT2D eigenvalue weighted by Gasteiger charge is 2.29. The minimum absolute atomic E-state index is 0.0122. The molecule has 3 N–H and O–H groups in total. The Bertz CT molecular complexity index is 2150. The minimum atomic E-state index is -1.80. The summed E-state index contributed by atoms with van der Waals surface area (Å²) >= 11 is 0. The van der Waals surface area contributed by atoms with E-state index >= 15 is 0 Å². The molecule has 3 amide bonds. The monoisotopic (exact) mass is 1120 g/mol. The summed E-state index contributed by atoms with van der Waals surface area (Å²) in [5, 5.41) is 4.08. The van der Waals surface area contributed by atoms with Crippen molar-refractivity contribution in [2.75, 3.05) is 172 Å². The number of amides is 3. The van der Waals surface area contributed by atoms with E-state index in [0.717, 1.165) is 6.42 Å². The fourth-order valence-corrected chi connectivity index (χ4v) is 7.15. The molecule has 1 fully saturated rings. The van der Waals surface area contributed by atoms with E-state index in [1.54, 1.807) is 17.0 Å². The molecule has 0 spiro atoms. The number of ether oxygens (including phenoxy) is 12. The van der Waals surface area contributed by atoms with Gasteiger partial charge in [0, 0.05) is 50.4 Å². The first-order chi connectivity index (χ1) is 37.9. The van der Waals surface area contributed by atoms with E-state index in [4.69, 9.17) is 62.7 Å². The largest absolute Gasteiger partial charge is 0.447 e. The molecule has 0 saturated carbocycles. The predicted octanol–water partition coefficient (Wildman–Crippen LogP) is 3.95. The zero-order valence-electron chi connectivity index (χ0n) is 44.4. The number of hydroxylamine groups is 2. The number of carbonyl (C=O) groups is 4. The lowest BCUT2D eigenvalue weighted by Gasteiger charge is -2.21. The van der Waals surface area contributed by atoms with E-state index in [-0.39, 0.29) is 75.7 Å². The van der Waals surface area contributed by atoms with Gasteiger partial charge in [0.1, 0.15) is 12.4 Å². The van der Waals surface area contributed by atoms with Crippen LogP contribution in [-0.4, -0.2) is 216 Å². The number of pyridine rings is 1. The Kier molecular flexibility index (Phi) is 32.5. The van der Waals surface area contributed by atoms with Crippen LogP contribution in [0.3, 0.4) is 0 Å². The Morgan fingerprint density at radius 1 is 0.692 bits per heavy atom. The molecular weight excluding hydrogens is 1040 g/mol. The molecule has 4 rings (SSSR count). The van der Waals surface area contributed by atoms with Gasteiger partial charge in [0.15, 0.2) is 11.6 Å². The number of fused-ring (bicyclic) bond motifs is 1. The first-order valence-corrected chi connectivity index (χ1v) is 25.9. The van der Waals surface area contributed by atoms with Crippen LogP contribution in [0, 0.1) is 29.2 Å². The number of rotatable bonds is 42. The van der Waals surface area contributed by atoms with Crippen molar-refractivity contribution < 1.29 is 98.4 Å². The molecule has 78 heavy (non-hydrogen) atoms. The molecule has 27 heteroatoms. The molecular formula is C51H74F4N6O17. The molecule has 1 aromatic heterocycles. The van der Waals surface area contributed by atoms with Crippen molar-refractivity contribution in [2.24, 2.45) is 16.6 Å². The van der Waals surface area contributed by atoms with Crippen molar-refractivity contribution >= 4 is 41.5 Å². The Hall–Kier alpha value is -5.46. The van der Waals surface area contributed by atoms with Crippen molar-refractivity contribution in [1.82, 2.24) is 20.3 Å². The summed E-state index contributed by atoms with van der Waals surface area (Å²) in [6.45, 7) is 12.2. The van der Waals surface area contributed by atoms with E-state index in [2.05, 4.69) is 20.0 Å². The number of nitrogens with one attached hydrogen (secondary N) is 1. The maximum Gasteiger partial charge on any atom is 0.407 e. The SMILES string of the molecule is CCCN(OCC)C(=O)C1=Cc2ncc(C(=O)N3CC[C@H](CNC(=O)OCCOCCOCCOCCOCCOCCOCCOCCOCCOCCOCCC(=O)Oc4c(F)c(F)cc(F)c4F)C3)cc2N=C(N)C1. The number of hydrogen-bond acceptors (Lipinski definition) is 20. The van der Waals surface area contributed by atoms with E-state index in [1.165, 1.54) is 11.3 Å². The summed E-state index contributed by atoms with van der Waals surface area (Å²) in [6.07, 6.45) is 3.67. The molecule has 1 aromatic carbocycles. The molecule has 0 bridgehead atoms. The third-order valence-electron chi connectivity index (χ3n) is 11.0. The van der Waals surface area contributed by atoms with Crippen molar-refractivity contribution in [3.05, 3.63) is 58.4 Å². The number of nitrogens with zero attached hydrogens (tertiary/aromatic N) is 4. The van der Waals surface area contributed by atoms with Crippen molar-refractivity contribution in [2.45, 2.75) is 39.5 Å². The third-order valence-corrected chi connectivity index (χ3v) is 11.0. The van der Waals surface area contributed by atoms with Gasteiger partial charge in [-0.15, -0.1) is 0 Å². The van der Waals surface area contributed by atoms with Gasteiger partial charge in [-0.05, 0) is 37.8 Å². The molecule has 2 aromatic rings. The number of aromatic nitrogens is 1. The van der Waals surface area contributed by atoms with Crippen LogP contribution in [0.25, 0.3) is 6.08 Å². The molecule has 23 nitrogen and oxygen atoms in total. The lowest BCUT2D eigenvalue weighted by molar-refractivity contribution is -0.180. The topological polar surface area (TPSA) is 258 Å². The van der Waals surface area contributed by atoms with Gasteiger partial charge in [0.25, 0.3) is 11.8 Å². The number of hydrogen-bond donors (Lipinski definition) is 2. The minimum Gasteiger partial charge on any atom is -0.447 e. The number of esters is 1. The van der Waals surface area contributed by atoms with Gasteiger partial charge in [-0.3, -0.25) is 24.2 Å². The maximum atomic E-state index is 13.6. The fourth-order valence-electron chi connectivity index (χ4n) is 7.15. The fraction of sp³-hybridized carbons (Fsp3) is 0.647. The number of carbonyl (C=O) groups excluding carboxylic acids is 4. The summed E-state index contributed by atoms with van der Waals surface area (Å²) in [5.41, 5.74) is 7.74. The summed E-state index contributed by atoms with van der Waals surface area (Å²) in [7, 11) is 0. The molecule has 2 aliphatic heterocycles. The highest BCUT2D eigenvalue weighted by molar-refractivity contribution is 6.05. The lowest BCUT2D eigenvalue weighted by Crippen LogP contribution is -2.34. The Morgan fingerprint density at radius 2 is 1.18 bits per heavy atom. The number of halogens is 4. The number of aliphatic imine (C=N–C) groups is 1. The van der Waals surface area contributed by atoms with E-state index in [1.807, 2.05) is 13.8 Å². The maximum absolute atomic E-state index is 13.6. The van der Waals surface area contributed by atoms with E-state index < -0.39 is 47.5 Å². The van der Waals surface area contributed by atoms with Crippen molar-refractivity contribution in [3.63, 3.8) is 0 Å².